The standard InChI is InChI=1S/C8H14O3/c1-8(2)4-5(6(8)9)7(10)11-3/h5-6,9H,4H2,1-3H3/t5-,6+/m1/s1. The highest BCUT2D eigenvalue weighted by Crippen LogP contribution is 2.45. The summed E-state index contributed by atoms with van der Waals surface area (Å²) in [4.78, 5) is 10.9. The number of esters is 1. The molecule has 2 atom stereocenters. The van der Waals surface area contributed by atoms with Crippen LogP contribution >= 0.6 is 0 Å². The van der Waals surface area contributed by atoms with Crippen molar-refractivity contribution in [2.75, 3.05) is 7.11 Å². The van der Waals surface area contributed by atoms with Gasteiger partial charge in [0.1, 0.15) is 0 Å². The van der Waals surface area contributed by atoms with E-state index < -0.39 is 6.10 Å². The number of rotatable bonds is 1. The topological polar surface area (TPSA) is 46.5 Å². The molecule has 1 aliphatic carbocycles. The summed E-state index contributed by atoms with van der Waals surface area (Å²) < 4.78 is 4.52. The van der Waals surface area contributed by atoms with Crippen molar-refractivity contribution in [1.29, 1.82) is 0 Å². The minimum atomic E-state index is -0.532. The number of ether oxygens (including phenoxy) is 1. The SMILES string of the molecule is COC(=O)[C@@H]1CC(C)(C)[C@H]1O. The van der Waals surface area contributed by atoms with Crippen LogP contribution in [0.15, 0.2) is 0 Å². The van der Waals surface area contributed by atoms with Gasteiger partial charge in [0.2, 0.25) is 0 Å². The Morgan fingerprint density at radius 2 is 2.18 bits per heavy atom. The number of hydrogen-bond donors (Lipinski definition) is 1. The van der Waals surface area contributed by atoms with Gasteiger partial charge in [-0.3, -0.25) is 4.79 Å². The second-order valence-electron chi connectivity index (χ2n) is 3.77. The third kappa shape index (κ3) is 1.25. The lowest BCUT2D eigenvalue weighted by Gasteiger charge is -2.46. The van der Waals surface area contributed by atoms with Gasteiger partial charge in [0, 0.05) is 0 Å². The van der Waals surface area contributed by atoms with E-state index in [0.717, 1.165) is 6.42 Å². The predicted octanol–water partition coefficient (Wildman–Crippen LogP) is 0.566. The highest BCUT2D eigenvalue weighted by Gasteiger charge is 2.50. The molecule has 0 bridgehead atoms. The van der Waals surface area contributed by atoms with Gasteiger partial charge in [0.15, 0.2) is 0 Å². The van der Waals surface area contributed by atoms with E-state index in [1.165, 1.54) is 7.11 Å². The van der Waals surface area contributed by atoms with Gasteiger partial charge in [0.25, 0.3) is 0 Å². The number of methoxy groups -OCH3 is 1. The van der Waals surface area contributed by atoms with Crippen molar-refractivity contribution in [3.8, 4) is 0 Å². The molecule has 0 radical (unpaired) electrons. The van der Waals surface area contributed by atoms with Crippen LogP contribution in [0.1, 0.15) is 20.3 Å². The van der Waals surface area contributed by atoms with Crippen molar-refractivity contribution in [1.82, 2.24) is 0 Å². The molecule has 1 saturated carbocycles. The molecule has 0 aromatic rings. The van der Waals surface area contributed by atoms with Crippen LogP contribution in [0.5, 0.6) is 0 Å². The molecule has 0 aromatic carbocycles. The Hall–Kier alpha value is -0.570. The van der Waals surface area contributed by atoms with Gasteiger partial charge in [-0.25, -0.2) is 0 Å². The summed E-state index contributed by atoms with van der Waals surface area (Å²) in [6, 6.07) is 0. The molecule has 1 fully saturated rings. The molecule has 0 amide bonds. The summed E-state index contributed by atoms with van der Waals surface area (Å²) in [5.41, 5.74) is -0.112. The fraction of sp³-hybridized carbons (Fsp3) is 0.875. The van der Waals surface area contributed by atoms with E-state index in [1.54, 1.807) is 0 Å². The van der Waals surface area contributed by atoms with Gasteiger partial charge < -0.3 is 9.84 Å². The molecular weight excluding hydrogens is 144 g/mol. The molecule has 1 aliphatic rings. The Morgan fingerprint density at radius 1 is 1.64 bits per heavy atom. The van der Waals surface area contributed by atoms with E-state index in [4.69, 9.17) is 0 Å². The molecule has 3 heteroatoms. The van der Waals surface area contributed by atoms with Crippen molar-refractivity contribution in [3.05, 3.63) is 0 Å². The summed E-state index contributed by atoms with van der Waals surface area (Å²) in [5.74, 6) is -0.591. The van der Waals surface area contributed by atoms with Crippen LogP contribution in [0.2, 0.25) is 0 Å². The van der Waals surface area contributed by atoms with Crippen LogP contribution in [-0.4, -0.2) is 24.3 Å². The second kappa shape index (κ2) is 2.48. The average molecular weight is 158 g/mol. The predicted molar refractivity (Wildman–Crippen MR) is 39.9 cm³/mol. The molecule has 0 spiro atoms. The summed E-state index contributed by atoms with van der Waals surface area (Å²) in [7, 11) is 1.35. The van der Waals surface area contributed by atoms with Crippen LogP contribution in [0.3, 0.4) is 0 Å². The fourth-order valence-corrected chi connectivity index (χ4v) is 1.55. The number of hydrogen-bond acceptors (Lipinski definition) is 3. The Balaban J connectivity index is 2.51. The molecule has 0 aromatic heterocycles. The van der Waals surface area contributed by atoms with Crippen molar-refractivity contribution in [2.45, 2.75) is 26.4 Å². The van der Waals surface area contributed by atoms with E-state index in [1.807, 2.05) is 13.8 Å². The smallest absolute Gasteiger partial charge is 0.311 e. The van der Waals surface area contributed by atoms with E-state index in [2.05, 4.69) is 4.74 Å². The first-order valence-corrected chi connectivity index (χ1v) is 3.75. The first kappa shape index (κ1) is 8.53. The van der Waals surface area contributed by atoms with Crippen molar-refractivity contribution in [3.63, 3.8) is 0 Å². The summed E-state index contributed by atoms with van der Waals surface area (Å²) in [6.07, 6.45) is 0.191. The molecule has 0 heterocycles. The normalized spacial score (nSPS) is 34.2. The summed E-state index contributed by atoms with van der Waals surface area (Å²) in [5, 5.41) is 9.44. The molecule has 64 valence electrons. The van der Waals surface area contributed by atoms with Crippen LogP contribution in [0, 0.1) is 11.3 Å². The quantitative estimate of drug-likeness (QED) is 0.567. The maximum atomic E-state index is 10.9. The van der Waals surface area contributed by atoms with E-state index >= 15 is 0 Å². The fourth-order valence-electron chi connectivity index (χ4n) is 1.55. The average Bonchev–Trinajstić information content (AvgIpc) is 1.98. The highest BCUT2D eigenvalue weighted by molar-refractivity contribution is 5.74. The largest absolute Gasteiger partial charge is 0.469 e. The maximum absolute atomic E-state index is 10.9. The second-order valence-corrected chi connectivity index (χ2v) is 3.77. The minimum absolute atomic E-state index is 0.112. The van der Waals surface area contributed by atoms with Crippen molar-refractivity contribution < 1.29 is 14.6 Å². The lowest BCUT2D eigenvalue weighted by molar-refractivity contribution is -0.171. The zero-order valence-electron chi connectivity index (χ0n) is 7.13. The van der Waals surface area contributed by atoms with Crippen LogP contribution in [0.4, 0.5) is 0 Å². The molecule has 0 unspecified atom stereocenters. The summed E-state index contributed by atoms with van der Waals surface area (Å²) >= 11 is 0. The van der Waals surface area contributed by atoms with Gasteiger partial charge in [-0.1, -0.05) is 13.8 Å². The monoisotopic (exact) mass is 158 g/mol. The molecular formula is C8H14O3. The van der Waals surface area contributed by atoms with Crippen LogP contribution in [-0.2, 0) is 9.53 Å². The molecule has 11 heavy (non-hydrogen) atoms. The minimum Gasteiger partial charge on any atom is -0.469 e. The number of aliphatic hydroxyl groups is 1. The van der Waals surface area contributed by atoms with Gasteiger partial charge in [-0.05, 0) is 11.8 Å². The molecule has 0 aliphatic heterocycles. The van der Waals surface area contributed by atoms with Gasteiger partial charge >= 0.3 is 5.97 Å². The van der Waals surface area contributed by atoms with Crippen molar-refractivity contribution >= 4 is 5.97 Å². The van der Waals surface area contributed by atoms with E-state index in [-0.39, 0.29) is 17.3 Å². The Bertz CT molecular complexity index is 174. The van der Waals surface area contributed by atoms with E-state index in [9.17, 15) is 9.90 Å². The molecule has 0 saturated heterocycles. The zero-order valence-corrected chi connectivity index (χ0v) is 7.13. The molecule has 1 rings (SSSR count). The molecule has 1 N–H and O–H groups in total. The Kier molecular flexibility index (Phi) is 1.92. The number of aliphatic hydroxyl groups excluding tert-OH is 1. The third-order valence-corrected chi connectivity index (χ3v) is 2.43. The van der Waals surface area contributed by atoms with Gasteiger partial charge in [0.05, 0.1) is 19.1 Å². The van der Waals surface area contributed by atoms with Gasteiger partial charge in [-0.15, -0.1) is 0 Å². The number of carbonyl (C=O) groups is 1. The first-order valence-electron chi connectivity index (χ1n) is 3.75. The van der Waals surface area contributed by atoms with Gasteiger partial charge in [-0.2, -0.15) is 0 Å². The Labute approximate surface area is 66.4 Å². The third-order valence-electron chi connectivity index (χ3n) is 2.43. The van der Waals surface area contributed by atoms with Crippen LogP contribution in [0.25, 0.3) is 0 Å². The lowest BCUT2D eigenvalue weighted by Crippen LogP contribution is -2.52. The van der Waals surface area contributed by atoms with Crippen LogP contribution < -0.4 is 0 Å². The Morgan fingerprint density at radius 3 is 2.45 bits per heavy atom. The van der Waals surface area contributed by atoms with Crippen molar-refractivity contribution in [2.24, 2.45) is 11.3 Å². The highest BCUT2D eigenvalue weighted by atomic mass is 16.5. The first-order chi connectivity index (χ1) is 4.99. The maximum Gasteiger partial charge on any atom is 0.311 e. The molecule has 3 nitrogen and oxygen atoms in total. The lowest BCUT2D eigenvalue weighted by atomic mass is 9.62. The number of carbonyl (C=O) groups excluding carboxylic acids is 1. The zero-order chi connectivity index (χ0) is 8.65. The summed E-state index contributed by atoms with van der Waals surface area (Å²) in [6.45, 7) is 3.88. The van der Waals surface area contributed by atoms with E-state index in [0.29, 0.717) is 0 Å².